The van der Waals surface area contributed by atoms with Crippen LogP contribution >= 0.6 is 0 Å². The van der Waals surface area contributed by atoms with Gasteiger partial charge in [-0.25, -0.2) is 8.78 Å². The van der Waals surface area contributed by atoms with E-state index >= 15 is 0 Å². The zero-order valence-electron chi connectivity index (χ0n) is 9.28. The van der Waals surface area contributed by atoms with Crippen molar-refractivity contribution < 1.29 is 22.0 Å². The molecule has 0 saturated heterocycles. The highest BCUT2D eigenvalue weighted by molar-refractivity contribution is 5.30. The van der Waals surface area contributed by atoms with Crippen molar-refractivity contribution in [3.63, 3.8) is 0 Å². The van der Waals surface area contributed by atoms with Crippen molar-refractivity contribution in [3.8, 4) is 0 Å². The highest BCUT2D eigenvalue weighted by Gasteiger charge is 2.36. The standard InChI is InChI=1S/C11H12F5N/c1-10(17-2,9(12)13)7-3-5-8(6-4-7)11(14,15)16/h3-6,9,17H,1-2H3. The second-order valence-corrected chi connectivity index (χ2v) is 3.83. The molecule has 1 N–H and O–H groups in total. The Kier molecular flexibility index (Phi) is 3.76. The first kappa shape index (κ1) is 13.9. The summed E-state index contributed by atoms with van der Waals surface area (Å²) in [5.41, 5.74) is -2.39. The van der Waals surface area contributed by atoms with Crippen LogP contribution in [0.15, 0.2) is 24.3 Å². The van der Waals surface area contributed by atoms with Gasteiger partial charge in [0.1, 0.15) is 5.54 Å². The molecular formula is C11H12F5N. The Hall–Kier alpha value is -1.17. The van der Waals surface area contributed by atoms with E-state index in [-0.39, 0.29) is 5.56 Å². The normalized spacial score (nSPS) is 16.0. The molecule has 1 nitrogen and oxygen atoms in total. The van der Waals surface area contributed by atoms with E-state index in [1.807, 2.05) is 0 Å². The Bertz CT molecular complexity index is 370. The first-order chi connectivity index (χ1) is 7.71. The van der Waals surface area contributed by atoms with Crippen LogP contribution in [-0.4, -0.2) is 13.5 Å². The van der Waals surface area contributed by atoms with Crippen LogP contribution in [0.3, 0.4) is 0 Å². The van der Waals surface area contributed by atoms with Gasteiger partial charge < -0.3 is 5.32 Å². The third kappa shape index (κ3) is 2.74. The summed E-state index contributed by atoms with van der Waals surface area (Å²) in [6.45, 7) is 1.24. The summed E-state index contributed by atoms with van der Waals surface area (Å²) in [4.78, 5) is 0. The van der Waals surface area contributed by atoms with Gasteiger partial charge in [-0.15, -0.1) is 0 Å². The van der Waals surface area contributed by atoms with Crippen LogP contribution in [0.25, 0.3) is 0 Å². The van der Waals surface area contributed by atoms with E-state index in [1.54, 1.807) is 0 Å². The molecule has 0 aliphatic heterocycles. The third-order valence-electron chi connectivity index (χ3n) is 2.77. The van der Waals surface area contributed by atoms with Crippen LogP contribution in [0.1, 0.15) is 18.1 Å². The second-order valence-electron chi connectivity index (χ2n) is 3.83. The smallest absolute Gasteiger partial charge is 0.306 e. The van der Waals surface area contributed by atoms with Crippen molar-refractivity contribution in [1.82, 2.24) is 5.32 Å². The van der Waals surface area contributed by atoms with E-state index in [4.69, 9.17) is 0 Å². The lowest BCUT2D eigenvalue weighted by Crippen LogP contribution is -2.43. The molecule has 1 aromatic carbocycles. The monoisotopic (exact) mass is 253 g/mol. The molecule has 0 bridgehead atoms. The summed E-state index contributed by atoms with van der Waals surface area (Å²) in [6, 6.07) is 3.72. The number of hydrogen-bond donors (Lipinski definition) is 1. The molecule has 1 aromatic rings. The molecule has 0 fully saturated rings. The minimum Gasteiger partial charge on any atom is -0.306 e. The summed E-state index contributed by atoms with van der Waals surface area (Å²) in [6.07, 6.45) is -7.18. The van der Waals surface area contributed by atoms with Crippen molar-refractivity contribution in [1.29, 1.82) is 0 Å². The summed E-state index contributed by atoms with van der Waals surface area (Å²) in [7, 11) is 1.34. The van der Waals surface area contributed by atoms with Crippen LogP contribution in [0.4, 0.5) is 22.0 Å². The molecule has 0 heterocycles. The quantitative estimate of drug-likeness (QED) is 0.814. The van der Waals surface area contributed by atoms with Gasteiger partial charge >= 0.3 is 6.18 Å². The van der Waals surface area contributed by atoms with Crippen LogP contribution in [0.5, 0.6) is 0 Å². The molecule has 0 spiro atoms. The van der Waals surface area contributed by atoms with Gasteiger partial charge in [0.2, 0.25) is 0 Å². The van der Waals surface area contributed by atoms with Crippen LogP contribution in [0, 0.1) is 0 Å². The van der Waals surface area contributed by atoms with Gasteiger partial charge in [-0.1, -0.05) is 12.1 Å². The van der Waals surface area contributed by atoms with Crippen molar-refractivity contribution in [3.05, 3.63) is 35.4 Å². The summed E-state index contributed by atoms with van der Waals surface area (Å²) >= 11 is 0. The summed E-state index contributed by atoms with van der Waals surface area (Å²) in [5.74, 6) is 0. The van der Waals surface area contributed by atoms with Gasteiger partial charge in [-0.3, -0.25) is 0 Å². The highest BCUT2D eigenvalue weighted by Crippen LogP contribution is 2.32. The molecule has 0 radical (unpaired) electrons. The van der Waals surface area contributed by atoms with E-state index < -0.39 is 23.7 Å². The molecule has 96 valence electrons. The van der Waals surface area contributed by atoms with Crippen molar-refractivity contribution >= 4 is 0 Å². The molecule has 0 aliphatic rings. The van der Waals surface area contributed by atoms with Gasteiger partial charge in [-0.2, -0.15) is 13.2 Å². The molecule has 17 heavy (non-hydrogen) atoms. The number of hydrogen-bond acceptors (Lipinski definition) is 1. The zero-order chi connectivity index (χ0) is 13.3. The maximum absolute atomic E-state index is 12.8. The first-order valence-corrected chi connectivity index (χ1v) is 4.86. The minimum atomic E-state index is -4.46. The molecule has 0 aromatic heterocycles. The summed E-state index contributed by atoms with van der Waals surface area (Å²) < 4.78 is 62.5. The zero-order valence-corrected chi connectivity index (χ0v) is 9.28. The van der Waals surface area contributed by atoms with Crippen molar-refractivity contribution in [2.45, 2.75) is 25.1 Å². The Balaban J connectivity index is 3.10. The van der Waals surface area contributed by atoms with Gasteiger partial charge in [0.25, 0.3) is 6.43 Å². The van der Waals surface area contributed by atoms with Crippen molar-refractivity contribution in [2.24, 2.45) is 0 Å². The number of rotatable bonds is 3. The Morgan fingerprint density at radius 3 is 1.71 bits per heavy atom. The number of benzene rings is 1. The Morgan fingerprint density at radius 1 is 1.00 bits per heavy atom. The molecular weight excluding hydrogens is 241 g/mol. The molecule has 0 saturated carbocycles. The maximum atomic E-state index is 12.8. The molecule has 1 rings (SSSR count). The van der Waals surface area contributed by atoms with Gasteiger partial charge in [-0.05, 0) is 31.7 Å². The van der Waals surface area contributed by atoms with Crippen LogP contribution in [0.2, 0.25) is 0 Å². The minimum absolute atomic E-state index is 0.114. The fraction of sp³-hybridized carbons (Fsp3) is 0.455. The van der Waals surface area contributed by atoms with E-state index in [2.05, 4.69) is 5.32 Å². The van der Waals surface area contributed by atoms with Gasteiger partial charge in [0, 0.05) is 0 Å². The predicted molar refractivity (Wildman–Crippen MR) is 53.9 cm³/mol. The molecule has 0 aliphatic carbocycles. The number of nitrogens with one attached hydrogen (secondary N) is 1. The predicted octanol–water partition coefficient (Wildman–Crippen LogP) is 3.41. The molecule has 0 amide bonds. The number of halogens is 5. The third-order valence-corrected chi connectivity index (χ3v) is 2.77. The van der Waals surface area contributed by atoms with Crippen LogP contribution in [-0.2, 0) is 11.7 Å². The lowest BCUT2D eigenvalue weighted by atomic mass is 9.92. The van der Waals surface area contributed by atoms with E-state index in [0.717, 1.165) is 24.3 Å². The lowest BCUT2D eigenvalue weighted by molar-refractivity contribution is -0.137. The Labute approximate surface area is 95.6 Å². The van der Waals surface area contributed by atoms with Crippen LogP contribution < -0.4 is 5.32 Å². The molecule has 6 heteroatoms. The van der Waals surface area contributed by atoms with E-state index in [0.29, 0.717) is 0 Å². The largest absolute Gasteiger partial charge is 0.416 e. The van der Waals surface area contributed by atoms with Crippen molar-refractivity contribution in [2.75, 3.05) is 7.05 Å². The summed E-state index contributed by atoms with van der Waals surface area (Å²) in [5, 5.41) is 2.42. The van der Waals surface area contributed by atoms with E-state index in [9.17, 15) is 22.0 Å². The number of alkyl halides is 5. The second kappa shape index (κ2) is 4.60. The van der Waals surface area contributed by atoms with Gasteiger partial charge in [0.05, 0.1) is 5.56 Å². The average molecular weight is 253 g/mol. The first-order valence-electron chi connectivity index (χ1n) is 4.86. The topological polar surface area (TPSA) is 12.0 Å². The fourth-order valence-corrected chi connectivity index (χ4v) is 1.38. The SMILES string of the molecule is CNC(C)(c1ccc(C(F)(F)F)cc1)C(F)F. The lowest BCUT2D eigenvalue weighted by Gasteiger charge is -2.29. The molecule has 1 unspecified atom stereocenters. The fourth-order valence-electron chi connectivity index (χ4n) is 1.38. The molecule has 1 atom stereocenters. The Morgan fingerprint density at radius 2 is 1.41 bits per heavy atom. The average Bonchev–Trinajstić information content (AvgIpc) is 2.26. The van der Waals surface area contributed by atoms with E-state index in [1.165, 1.54) is 14.0 Å². The highest BCUT2D eigenvalue weighted by atomic mass is 19.4. The maximum Gasteiger partial charge on any atom is 0.416 e. The van der Waals surface area contributed by atoms with Gasteiger partial charge in [0.15, 0.2) is 0 Å².